The van der Waals surface area contributed by atoms with E-state index in [1.165, 1.54) is 5.69 Å². The van der Waals surface area contributed by atoms with Crippen LogP contribution in [0, 0.1) is 0 Å². The number of hydrogen-bond acceptors (Lipinski definition) is 5. The highest BCUT2D eigenvalue weighted by Gasteiger charge is 2.15. The van der Waals surface area contributed by atoms with Crippen LogP contribution in [0.4, 0.5) is 5.69 Å². The second-order valence-corrected chi connectivity index (χ2v) is 5.04. The van der Waals surface area contributed by atoms with E-state index in [2.05, 4.69) is 34.3 Å². The molecule has 104 valence electrons. The van der Waals surface area contributed by atoms with E-state index in [4.69, 9.17) is 9.47 Å². The summed E-state index contributed by atoms with van der Waals surface area (Å²) in [5.74, 6) is 1.71. The van der Waals surface area contributed by atoms with Gasteiger partial charge in [-0.05, 0) is 12.1 Å². The molecule has 5 heteroatoms. The van der Waals surface area contributed by atoms with E-state index in [-0.39, 0.29) is 0 Å². The Balaban J connectivity index is 1.67. The first-order valence-electron chi connectivity index (χ1n) is 6.87. The zero-order valence-electron chi connectivity index (χ0n) is 11.4. The summed E-state index contributed by atoms with van der Waals surface area (Å²) in [6, 6.07) is 6.16. The number of rotatable bonds is 3. The van der Waals surface area contributed by atoms with Crippen LogP contribution in [0.1, 0.15) is 0 Å². The fourth-order valence-electron chi connectivity index (χ4n) is 2.50. The molecule has 2 aliphatic rings. The van der Waals surface area contributed by atoms with Crippen LogP contribution in [-0.2, 0) is 0 Å². The Kier molecular flexibility index (Phi) is 3.75. The summed E-state index contributed by atoms with van der Waals surface area (Å²) in [5, 5.41) is 3.37. The average molecular weight is 263 g/mol. The minimum atomic E-state index is 0.637. The average Bonchev–Trinajstić information content (AvgIpc) is 2.48. The molecule has 2 heterocycles. The Morgan fingerprint density at radius 2 is 1.89 bits per heavy atom. The monoisotopic (exact) mass is 263 g/mol. The van der Waals surface area contributed by atoms with Crippen LogP contribution >= 0.6 is 0 Å². The van der Waals surface area contributed by atoms with Gasteiger partial charge in [0.05, 0.1) is 6.67 Å². The molecule has 5 nitrogen and oxygen atoms in total. The molecule has 0 atom stereocenters. The Morgan fingerprint density at radius 3 is 2.68 bits per heavy atom. The van der Waals surface area contributed by atoms with Crippen molar-refractivity contribution in [3.05, 3.63) is 18.2 Å². The highest BCUT2D eigenvalue weighted by Crippen LogP contribution is 2.33. The van der Waals surface area contributed by atoms with Gasteiger partial charge in [-0.25, -0.2) is 0 Å². The Bertz CT molecular complexity index is 433. The van der Waals surface area contributed by atoms with Gasteiger partial charge in [0.25, 0.3) is 0 Å². The third-order valence-electron chi connectivity index (χ3n) is 3.59. The Morgan fingerprint density at radius 1 is 1.16 bits per heavy atom. The minimum absolute atomic E-state index is 0.637. The lowest BCUT2D eigenvalue weighted by atomic mass is 10.2. The topological polar surface area (TPSA) is 37.0 Å². The molecule has 1 aromatic rings. The molecule has 1 N–H and O–H groups in total. The third kappa shape index (κ3) is 2.93. The van der Waals surface area contributed by atoms with E-state index < -0.39 is 0 Å². The van der Waals surface area contributed by atoms with Crippen LogP contribution in [0.15, 0.2) is 18.2 Å². The molecule has 0 aromatic heterocycles. The maximum absolute atomic E-state index is 5.63. The molecule has 0 amide bonds. The van der Waals surface area contributed by atoms with Crippen molar-refractivity contribution in [3.8, 4) is 11.5 Å². The van der Waals surface area contributed by atoms with Gasteiger partial charge in [0, 0.05) is 45.0 Å². The zero-order valence-corrected chi connectivity index (χ0v) is 11.4. The standard InChI is InChI=1S/C14H21N3O2/c1-16(11-17-6-4-15-5-7-17)12-2-3-13-14(10-12)19-9-8-18-13/h2-3,10,15H,4-9,11H2,1H3. The zero-order chi connectivity index (χ0) is 13.1. The second-order valence-electron chi connectivity index (χ2n) is 5.04. The molecule has 3 rings (SSSR count). The minimum Gasteiger partial charge on any atom is -0.486 e. The molecule has 1 fully saturated rings. The third-order valence-corrected chi connectivity index (χ3v) is 3.59. The summed E-state index contributed by atoms with van der Waals surface area (Å²) in [6.07, 6.45) is 0. The summed E-state index contributed by atoms with van der Waals surface area (Å²) in [4.78, 5) is 4.71. The number of piperazine rings is 1. The lowest BCUT2D eigenvalue weighted by molar-refractivity contribution is 0.171. The van der Waals surface area contributed by atoms with E-state index in [0.717, 1.165) is 44.3 Å². The van der Waals surface area contributed by atoms with Gasteiger partial charge in [-0.1, -0.05) is 0 Å². The fourth-order valence-corrected chi connectivity index (χ4v) is 2.50. The van der Waals surface area contributed by atoms with Crippen LogP contribution in [0.2, 0.25) is 0 Å². The first kappa shape index (κ1) is 12.6. The van der Waals surface area contributed by atoms with Gasteiger partial charge in [-0.3, -0.25) is 4.90 Å². The van der Waals surface area contributed by atoms with Gasteiger partial charge in [0.1, 0.15) is 13.2 Å². The fraction of sp³-hybridized carbons (Fsp3) is 0.571. The van der Waals surface area contributed by atoms with E-state index >= 15 is 0 Å². The molecule has 0 unspecified atom stereocenters. The molecular weight excluding hydrogens is 242 g/mol. The van der Waals surface area contributed by atoms with E-state index in [0.29, 0.717) is 13.2 Å². The van der Waals surface area contributed by atoms with Crippen LogP contribution in [0.5, 0.6) is 11.5 Å². The van der Waals surface area contributed by atoms with E-state index in [1.54, 1.807) is 0 Å². The van der Waals surface area contributed by atoms with Gasteiger partial charge in [-0.2, -0.15) is 0 Å². The van der Waals surface area contributed by atoms with Gasteiger partial charge < -0.3 is 19.7 Å². The van der Waals surface area contributed by atoms with Crippen LogP contribution in [0.25, 0.3) is 0 Å². The molecular formula is C14H21N3O2. The number of anilines is 1. The van der Waals surface area contributed by atoms with Crippen LogP contribution < -0.4 is 19.7 Å². The molecule has 1 aromatic carbocycles. The predicted molar refractivity (Wildman–Crippen MR) is 75.1 cm³/mol. The number of benzene rings is 1. The lowest BCUT2D eigenvalue weighted by Crippen LogP contribution is -2.47. The molecule has 0 saturated carbocycles. The highest BCUT2D eigenvalue weighted by molar-refractivity contribution is 5.56. The van der Waals surface area contributed by atoms with Crippen molar-refractivity contribution in [2.75, 3.05) is 58.0 Å². The SMILES string of the molecule is CN(CN1CCNCC1)c1ccc2c(c1)OCCO2. The Hall–Kier alpha value is -1.46. The molecule has 1 saturated heterocycles. The van der Waals surface area contributed by atoms with Crippen LogP contribution in [0.3, 0.4) is 0 Å². The van der Waals surface area contributed by atoms with E-state index in [9.17, 15) is 0 Å². The maximum Gasteiger partial charge on any atom is 0.163 e. The van der Waals surface area contributed by atoms with Crippen molar-refractivity contribution in [1.29, 1.82) is 0 Å². The maximum atomic E-state index is 5.63. The first-order valence-corrected chi connectivity index (χ1v) is 6.87. The quantitative estimate of drug-likeness (QED) is 0.871. The van der Waals surface area contributed by atoms with Crippen molar-refractivity contribution in [3.63, 3.8) is 0 Å². The molecule has 0 spiro atoms. The lowest BCUT2D eigenvalue weighted by Gasteiger charge is -2.32. The van der Waals surface area contributed by atoms with Gasteiger partial charge in [-0.15, -0.1) is 0 Å². The van der Waals surface area contributed by atoms with Gasteiger partial charge >= 0.3 is 0 Å². The molecule has 19 heavy (non-hydrogen) atoms. The number of nitrogens with zero attached hydrogens (tertiary/aromatic N) is 2. The Labute approximate surface area is 114 Å². The van der Waals surface area contributed by atoms with Crippen molar-refractivity contribution >= 4 is 5.69 Å². The highest BCUT2D eigenvalue weighted by atomic mass is 16.6. The van der Waals surface area contributed by atoms with Gasteiger partial charge in [0.2, 0.25) is 0 Å². The summed E-state index contributed by atoms with van der Waals surface area (Å²) in [5.41, 5.74) is 1.17. The number of hydrogen-bond donors (Lipinski definition) is 1. The smallest absolute Gasteiger partial charge is 0.163 e. The number of fused-ring (bicyclic) bond motifs is 1. The summed E-state index contributed by atoms with van der Waals surface area (Å²) in [6.45, 7) is 6.59. The van der Waals surface area contributed by atoms with E-state index in [1.807, 2.05) is 6.07 Å². The van der Waals surface area contributed by atoms with Gasteiger partial charge in [0.15, 0.2) is 11.5 Å². The van der Waals surface area contributed by atoms with Crippen molar-refractivity contribution < 1.29 is 9.47 Å². The first-order chi connectivity index (χ1) is 9.33. The normalized spacial score (nSPS) is 19.2. The van der Waals surface area contributed by atoms with Crippen molar-refractivity contribution in [2.24, 2.45) is 0 Å². The second kappa shape index (κ2) is 5.67. The largest absolute Gasteiger partial charge is 0.486 e. The molecule has 2 aliphatic heterocycles. The predicted octanol–water partition coefficient (Wildman–Crippen LogP) is 0.757. The number of ether oxygens (including phenoxy) is 2. The molecule has 0 bridgehead atoms. The summed E-state index contributed by atoms with van der Waals surface area (Å²) < 4.78 is 11.2. The summed E-state index contributed by atoms with van der Waals surface area (Å²) >= 11 is 0. The van der Waals surface area contributed by atoms with Crippen molar-refractivity contribution in [1.82, 2.24) is 10.2 Å². The van der Waals surface area contributed by atoms with Crippen LogP contribution in [-0.4, -0.2) is 58.0 Å². The molecule has 0 radical (unpaired) electrons. The number of nitrogens with one attached hydrogen (secondary N) is 1. The molecule has 0 aliphatic carbocycles. The summed E-state index contributed by atoms with van der Waals surface area (Å²) in [7, 11) is 2.12. The van der Waals surface area contributed by atoms with Crippen molar-refractivity contribution in [2.45, 2.75) is 0 Å².